The highest BCUT2D eigenvalue weighted by Gasteiger charge is 2.46. The molecule has 0 saturated heterocycles. The molecule has 134 valence electrons. The number of rotatable bonds is 4. The molecule has 0 spiro atoms. The van der Waals surface area contributed by atoms with Crippen molar-refractivity contribution in [1.82, 2.24) is 0 Å². The minimum Gasteiger partial charge on any atom is -0.396 e. The number of hydrogen-bond donors (Lipinski definition) is 8. The molecule has 9 atom stereocenters. The molecule has 1 fully saturated rings. The van der Waals surface area contributed by atoms with Gasteiger partial charge in [-0.15, -0.1) is 0 Å². The fourth-order valence-electron chi connectivity index (χ4n) is 3.16. The highest BCUT2D eigenvalue weighted by molar-refractivity contribution is 5.22. The van der Waals surface area contributed by atoms with E-state index in [1.165, 1.54) is 6.08 Å². The van der Waals surface area contributed by atoms with Crippen molar-refractivity contribution in [1.29, 1.82) is 0 Å². The van der Waals surface area contributed by atoms with Crippen molar-refractivity contribution in [3.05, 3.63) is 11.6 Å². The lowest BCUT2D eigenvalue weighted by Crippen LogP contribution is -2.59. The second-order valence-electron chi connectivity index (χ2n) is 6.20. The van der Waals surface area contributed by atoms with E-state index in [0.717, 1.165) is 0 Å². The average molecular weight is 335 g/mol. The summed E-state index contributed by atoms with van der Waals surface area (Å²) in [6.07, 6.45) is -7.66. The molecule has 0 aromatic rings. The van der Waals surface area contributed by atoms with Crippen LogP contribution in [-0.2, 0) is 4.74 Å². The summed E-state index contributed by atoms with van der Waals surface area (Å²) in [5.41, 5.74) is 5.89. The molecule has 0 radical (unpaired) electrons. The molecule has 9 unspecified atom stereocenters. The van der Waals surface area contributed by atoms with E-state index in [4.69, 9.17) is 10.5 Å². The Morgan fingerprint density at radius 2 is 1.61 bits per heavy atom. The lowest BCUT2D eigenvalue weighted by molar-refractivity contribution is -0.203. The molecular weight excluding hydrogens is 310 g/mol. The van der Waals surface area contributed by atoms with Crippen LogP contribution in [-0.4, -0.2) is 97.7 Å². The van der Waals surface area contributed by atoms with Crippen LogP contribution in [0.2, 0.25) is 0 Å². The highest BCUT2D eigenvalue weighted by atomic mass is 16.5. The van der Waals surface area contributed by atoms with E-state index < -0.39 is 67.9 Å². The Kier molecular flexibility index (Phi) is 6.11. The standard InChI is InChI=1S/C14H25NO8/c15-7-1-6(4-17)14(13(22)10(7)19)23-8-2-5(3-16)9(18)12(21)11(8)20/h1,5,7-14,16-22H,2-4,15H2. The Morgan fingerprint density at radius 1 is 0.957 bits per heavy atom. The summed E-state index contributed by atoms with van der Waals surface area (Å²) in [4.78, 5) is 0. The maximum Gasteiger partial charge on any atom is 0.112 e. The summed E-state index contributed by atoms with van der Waals surface area (Å²) in [7, 11) is 0. The van der Waals surface area contributed by atoms with Crippen LogP contribution >= 0.6 is 0 Å². The molecule has 0 bridgehead atoms. The average Bonchev–Trinajstić information content (AvgIpc) is 2.55. The van der Waals surface area contributed by atoms with Crippen LogP contribution in [0.15, 0.2) is 11.6 Å². The van der Waals surface area contributed by atoms with Gasteiger partial charge in [0.15, 0.2) is 0 Å². The largest absolute Gasteiger partial charge is 0.396 e. The maximum atomic E-state index is 10.1. The topological polar surface area (TPSA) is 177 Å². The smallest absolute Gasteiger partial charge is 0.112 e. The van der Waals surface area contributed by atoms with Gasteiger partial charge >= 0.3 is 0 Å². The van der Waals surface area contributed by atoms with Crippen LogP contribution in [0.5, 0.6) is 0 Å². The van der Waals surface area contributed by atoms with Crippen LogP contribution in [0.4, 0.5) is 0 Å². The van der Waals surface area contributed by atoms with Crippen LogP contribution in [0.1, 0.15) is 6.42 Å². The van der Waals surface area contributed by atoms with Crippen molar-refractivity contribution in [2.24, 2.45) is 11.7 Å². The summed E-state index contributed by atoms with van der Waals surface area (Å²) in [6, 6.07) is -0.860. The molecule has 2 rings (SSSR count). The predicted molar refractivity (Wildman–Crippen MR) is 77.0 cm³/mol. The second-order valence-corrected chi connectivity index (χ2v) is 6.20. The van der Waals surface area contributed by atoms with Crippen molar-refractivity contribution in [2.45, 2.75) is 55.2 Å². The molecule has 9 nitrogen and oxygen atoms in total. The van der Waals surface area contributed by atoms with Crippen molar-refractivity contribution in [3.8, 4) is 0 Å². The van der Waals surface area contributed by atoms with E-state index in [2.05, 4.69) is 0 Å². The zero-order valence-corrected chi connectivity index (χ0v) is 12.5. The van der Waals surface area contributed by atoms with Crippen molar-refractivity contribution in [2.75, 3.05) is 13.2 Å². The zero-order chi connectivity index (χ0) is 17.3. The minimum atomic E-state index is -1.51. The molecule has 9 heteroatoms. The first kappa shape index (κ1) is 18.7. The number of aliphatic hydroxyl groups excluding tert-OH is 7. The third-order valence-corrected chi connectivity index (χ3v) is 4.66. The molecule has 2 aliphatic rings. The quantitative estimate of drug-likeness (QED) is 0.237. The lowest BCUT2D eigenvalue weighted by Gasteiger charge is -2.43. The van der Waals surface area contributed by atoms with Gasteiger partial charge in [-0.25, -0.2) is 0 Å². The highest BCUT2D eigenvalue weighted by Crippen LogP contribution is 2.31. The van der Waals surface area contributed by atoms with Crippen molar-refractivity contribution in [3.63, 3.8) is 0 Å². The van der Waals surface area contributed by atoms with E-state index in [-0.39, 0.29) is 12.0 Å². The van der Waals surface area contributed by atoms with Gasteiger partial charge < -0.3 is 46.2 Å². The van der Waals surface area contributed by atoms with Crippen LogP contribution < -0.4 is 5.73 Å². The van der Waals surface area contributed by atoms with Crippen LogP contribution in [0.25, 0.3) is 0 Å². The Morgan fingerprint density at radius 3 is 2.17 bits per heavy atom. The number of hydrogen-bond acceptors (Lipinski definition) is 9. The first-order chi connectivity index (χ1) is 10.8. The predicted octanol–water partition coefficient (Wildman–Crippen LogP) is -4.18. The first-order valence-corrected chi connectivity index (χ1v) is 7.55. The Balaban J connectivity index is 2.17. The molecule has 1 saturated carbocycles. The molecule has 2 aliphatic carbocycles. The van der Waals surface area contributed by atoms with Gasteiger partial charge in [0.05, 0.1) is 24.9 Å². The van der Waals surface area contributed by atoms with Gasteiger partial charge in [0.1, 0.15) is 30.5 Å². The SMILES string of the molecule is NC1C=C(CO)C(OC2CC(CO)C(O)C(O)C2O)C(O)C1O. The van der Waals surface area contributed by atoms with Gasteiger partial charge in [0, 0.05) is 12.5 Å². The Hall–Kier alpha value is -0.620. The summed E-state index contributed by atoms with van der Waals surface area (Å²) >= 11 is 0. The van der Waals surface area contributed by atoms with Gasteiger partial charge in [0.2, 0.25) is 0 Å². The molecule has 0 aliphatic heterocycles. The fraction of sp³-hybridized carbons (Fsp3) is 0.857. The van der Waals surface area contributed by atoms with Gasteiger partial charge in [-0.3, -0.25) is 0 Å². The van der Waals surface area contributed by atoms with Gasteiger partial charge in [-0.2, -0.15) is 0 Å². The van der Waals surface area contributed by atoms with E-state index in [9.17, 15) is 35.7 Å². The normalized spacial score (nSPS) is 48.2. The van der Waals surface area contributed by atoms with Gasteiger partial charge in [0.25, 0.3) is 0 Å². The van der Waals surface area contributed by atoms with E-state index in [1.54, 1.807) is 0 Å². The van der Waals surface area contributed by atoms with Crippen LogP contribution in [0, 0.1) is 5.92 Å². The van der Waals surface area contributed by atoms with E-state index in [0.29, 0.717) is 0 Å². The number of aliphatic hydroxyl groups is 7. The van der Waals surface area contributed by atoms with Crippen molar-refractivity contribution < 1.29 is 40.5 Å². The lowest BCUT2D eigenvalue weighted by atomic mass is 9.80. The van der Waals surface area contributed by atoms with E-state index in [1.807, 2.05) is 0 Å². The zero-order valence-electron chi connectivity index (χ0n) is 12.5. The third kappa shape index (κ3) is 3.58. The molecule has 23 heavy (non-hydrogen) atoms. The van der Waals surface area contributed by atoms with Crippen molar-refractivity contribution >= 4 is 0 Å². The monoisotopic (exact) mass is 335 g/mol. The molecule has 0 heterocycles. The Labute approximate surface area is 133 Å². The Bertz CT molecular complexity index is 431. The minimum absolute atomic E-state index is 0.0416. The van der Waals surface area contributed by atoms with Crippen LogP contribution in [0.3, 0.4) is 0 Å². The molecular formula is C14H25NO8. The maximum absolute atomic E-state index is 10.1. The van der Waals surface area contributed by atoms with Gasteiger partial charge in [-0.05, 0) is 12.0 Å². The molecule has 9 N–H and O–H groups in total. The molecule has 0 amide bonds. The number of ether oxygens (including phenoxy) is 1. The summed E-state index contributed by atoms with van der Waals surface area (Å²) < 4.78 is 5.60. The summed E-state index contributed by atoms with van der Waals surface area (Å²) in [6.45, 7) is -0.867. The summed E-state index contributed by atoms with van der Waals surface area (Å²) in [5.74, 6) is -0.701. The second kappa shape index (κ2) is 7.51. The van der Waals surface area contributed by atoms with Gasteiger partial charge in [-0.1, -0.05) is 6.08 Å². The fourth-order valence-corrected chi connectivity index (χ4v) is 3.16. The third-order valence-electron chi connectivity index (χ3n) is 4.66. The molecule has 0 aromatic carbocycles. The molecule has 0 aromatic heterocycles. The number of nitrogens with two attached hydrogens (primary N) is 1. The summed E-state index contributed by atoms with van der Waals surface area (Å²) in [5, 5.41) is 68.3. The van der Waals surface area contributed by atoms with E-state index >= 15 is 0 Å². The first-order valence-electron chi connectivity index (χ1n) is 7.55.